The molecule has 5 aromatic carbocycles. The molecule has 4 heterocycles. The first-order valence-electron chi connectivity index (χ1n) is 22.8. The Morgan fingerprint density at radius 2 is 1.17 bits per heavy atom. The molecular weight excluding hydrogens is 729 g/mol. The molecule has 4 heteroatoms. The number of anilines is 3. The molecule has 0 spiro atoms. The molecule has 2 aliphatic heterocycles. The van der Waals surface area contributed by atoms with Gasteiger partial charge in [-0.15, -0.1) is 0 Å². The van der Waals surface area contributed by atoms with Crippen LogP contribution >= 0.6 is 0 Å². The summed E-state index contributed by atoms with van der Waals surface area (Å²) in [6.07, 6.45) is 12.3. The van der Waals surface area contributed by atoms with Crippen LogP contribution in [0, 0.1) is 29.6 Å². The van der Waals surface area contributed by atoms with Gasteiger partial charge in [0.1, 0.15) is 0 Å². The van der Waals surface area contributed by atoms with Crippen LogP contribution in [0.15, 0.2) is 54.1 Å². The van der Waals surface area contributed by atoms with Gasteiger partial charge >= 0.3 is 0 Å². The Hall–Kier alpha value is -5.58. The molecule has 6 aliphatic rings. The first-order chi connectivity index (χ1) is 28.9. The average Bonchev–Trinajstić information content (AvgIpc) is 3.76. The van der Waals surface area contributed by atoms with Gasteiger partial charge in [-0.25, -0.2) is 0 Å². The summed E-state index contributed by atoms with van der Waals surface area (Å²) < 4.78 is 2.51. The lowest BCUT2D eigenvalue weighted by molar-refractivity contribution is 0.442. The van der Waals surface area contributed by atoms with E-state index >= 15 is 0 Å². The molecule has 4 aliphatic carbocycles. The number of aryl methyl sites for hydroxylation is 1. The first kappa shape index (κ1) is 37.4. The maximum atomic E-state index is 10.9. The molecule has 4 nitrogen and oxygen atoms in total. The van der Waals surface area contributed by atoms with Crippen molar-refractivity contribution >= 4 is 61.2 Å². The average molecular weight is 785 g/mol. The van der Waals surface area contributed by atoms with E-state index in [2.05, 4.69) is 125 Å². The number of allylic oxidation sites excluding steroid dienone is 1. The molecule has 0 radical (unpaired) electrons. The molecule has 0 N–H and O–H groups in total. The molecule has 0 atom stereocenters. The summed E-state index contributed by atoms with van der Waals surface area (Å²) >= 11 is 0. The Labute approximate surface area is 355 Å². The van der Waals surface area contributed by atoms with Gasteiger partial charge in [-0.05, 0) is 135 Å². The van der Waals surface area contributed by atoms with Crippen LogP contribution in [0.3, 0.4) is 0 Å². The highest BCUT2D eigenvalue weighted by Gasteiger charge is 2.41. The lowest BCUT2D eigenvalue weighted by Gasteiger charge is -2.41. The van der Waals surface area contributed by atoms with Gasteiger partial charge in [0.05, 0.1) is 45.5 Å². The Kier molecular flexibility index (Phi) is 7.93. The van der Waals surface area contributed by atoms with Crippen LogP contribution in [0.5, 0.6) is 0 Å². The fourth-order valence-corrected chi connectivity index (χ4v) is 12.4. The summed E-state index contributed by atoms with van der Waals surface area (Å²) in [5, 5.41) is 27.1. The summed E-state index contributed by atoms with van der Waals surface area (Å²) in [5.41, 5.74) is 24.0. The molecular formula is C56H56N4. The van der Waals surface area contributed by atoms with E-state index in [0.29, 0.717) is 11.8 Å². The topological polar surface area (TPSA) is 55.2 Å². The number of aromatic nitrogens is 1. The SMILES string of the molecule is CC.Cc1c(C2CCCCC2)c(C#N)cc2c1c1c3c4c(c5c6c7c(c(C#N)cc6n2c15)C1CC(=C7)C1)Cc1cc(C(C)(C)C)ccc1N4c1ccc(C(C)(C)C)cc1C3. The molecule has 2 aromatic heterocycles. The fraction of sp³-hybridized carbons (Fsp3) is 0.393. The minimum Gasteiger partial charge on any atom is -0.309 e. The number of benzene rings is 5. The normalized spacial score (nSPS) is 17.1. The van der Waals surface area contributed by atoms with Gasteiger partial charge < -0.3 is 9.30 Å². The Morgan fingerprint density at radius 1 is 0.633 bits per heavy atom. The van der Waals surface area contributed by atoms with Gasteiger partial charge in [-0.3, -0.25) is 0 Å². The molecule has 13 rings (SSSR count). The zero-order chi connectivity index (χ0) is 41.7. The van der Waals surface area contributed by atoms with Gasteiger partial charge in [-0.2, -0.15) is 10.5 Å². The van der Waals surface area contributed by atoms with Crippen LogP contribution in [-0.2, 0) is 23.7 Å². The van der Waals surface area contributed by atoms with E-state index in [1.807, 2.05) is 13.8 Å². The number of hydrogen-bond acceptors (Lipinski definition) is 3. The summed E-state index contributed by atoms with van der Waals surface area (Å²) in [4.78, 5) is 2.64. The molecule has 0 unspecified atom stereocenters. The fourth-order valence-electron chi connectivity index (χ4n) is 12.4. The van der Waals surface area contributed by atoms with E-state index in [4.69, 9.17) is 0 Å². The Morgan fingerprint density at radius 3 is 1.72 bits per heavy atom. The monoisotopic (exact) mass is 784 g/mol. The smallest absolute Gasteiger partial charge is 0.0995 e. The van der Waals surface area contributed by atoms with Crippen molar-refractivity contribution < 1.29 is 0 Å². The molecule has 60 heavy (non-hydrogen) atoms. The predicted octanol–water partition coefficient (Wildman–Crippen LogP) is 15.1. The summed E-state index contributed by atoms with van der Waals surface area (Å²) in [6.45, 7) is 20.3. The zero-order valence-electron chi connectivity index (χ0n) is 37.0. The second-order valence-corrected chi connectivity index (χ2v) is 20.6. The van der Waals surface area contributed by atoms with E-state index in [1.165, 1.54) is 125 Å². The quantitative estimate of drug-likeness (QED) is 0.167. The van der Waals surface area contributed by atoms with Crippen LogP contribution in [0.4, 0.5) is 17.1 Å². The number of hydrogen-bond donors (Lipinski definition) is 0. The molecule has 2 saturated carbocycles. The third-order valence-corrected chi connectivity index (χ3v) is 15.2. The van der Waals surface area contributed by atoms with Crippen molar-refractivity contribution in [2.75, 3.05) is 4.90 Å². The van der Waals surface area contributed by atoms with Crippen LogP contribution in [0.1, 0.15) is 179 Å². The summed E-state index contributed by atoms with van der Waals surface area (Å²) in [6, 6.07) is 24.4. The summed E-state index contributed by atoms with van der Waals surface area (Å²) in [5.74, 6) is 0.818. The standard InChI is InChI=1S/C54H50N4.C2H6/c1-28-45(30-11-9-8-10-12-30)34(26-55)24-43-46(28)49-39-22-31-20-36(53(2,3)4)13-15-41(31)57-42-16-14-37(54(5,6)7)21-32(42)23-40(51(39)57)50-48-38-19-29-17-33(18-29)47(38)35(27-56)25-44(48)58(43)52(49)50;1-2/h13-16,19-21,24-25,30,33H,8-12,17-18,22-23H2,1-7H3;1-2H3. The van der Waals surface area contributed by atoms with Crippen molar-refractivity contribution in [3.63, 3.8) is 0 Å². The largest absolute Gasteiger partial charge is 0.309 e. The zero-order valence-corrected chi connectivity index (χ0v) is 37.0. The first-order valence-corrected chi connectivity index (χ1v) is 22.8. The van der Waals surface area contributed by atoms with Gasteiger partial charge in [0, 0.05) is 45.8 Å². The van der Waals surface area contributed by atoms with Crippen LogP contribution in [-0.4, -0.2) is 4.40 Å². The highest BCUT2D eigenvalue weighted by molar-refractivity contribution is 6.30. The molecule has 0 amide bonds. The van der Waals surface area contributed by atoms with E-state index in [0.717, 1.165) is 60.7 Å². The van der Waals surface area contributed by atoms with Gasteiger partial charge in [0.25, 0.3) is 0 Å². The Bertz CT molecular complexity index is 3130. The van der Waals surface area contributed by atoms with Crippen molar-refractivity contribution in [3.05, 3.63) is 121 Å². The lowest BCUT2D eigenvalue weighted by atomic mass is 9.67. The predicted molar refractivity (Wildman–Crippen MR) is 250 cm³/mol. The van der Waals surface area contributed by atoms with E-state index in [1.54, 1.807) is 0 Å². The third kappa shape index (κ3) is 4.89. The molecule has 2 bridgehead atoms. The van der Waals surface area contributed by atoms with E-state index in [-0.39, 0.29) is 10.8 Å². The van der Waals surface area contributed by atoms with E-state index < -0.39 is 0 Å². The second-order valence-electron chi connectivity index (χ2n) is 20.6. The lowest BCUT2D eigenvalue weighted by Crippen LogP contribution is -2.26. The molecule has 7 aromatic rings. The van der Waals surface area contributed by atoms with Crippen molar-refractivity contribution in [1.82, 2.24) is 4.40 Å². The maximum Gasteiger partial charge on any atom is 0.0995 e. The number of nitriles is 2. The highest BCUT2D eigenvalue weighted by atomic mass is 15.2. The Balaban J connectivity index is 0.00000201. The summed E-state index contributed by atoms with van der Waals surface area (Å²) in [7, 11) is 0. The molecule has 2 fully saturated rings. The van der Waals surface area contributed by atoms with Crippen molar-refractivity contribution in [3.8, 4) is 12.1 Å². The minimum absolute atomic E-state index is 0.0214. The number of fused-ring (bicyclic) bond motifs is 12. The minimum atomic E-state index is 0.0214. The van der Waals surface area contributed by atoms with Crippen molar-refractivity contribution in [2.45, 2.75) is 143 Å². The van der Waals surface area contributed by atoms with Gasteiger partial charge in [-0.1, -0.05) is 111 Å². The molecule has 0 saturated heterocycles. The van der Waals surface area contributed by atoms with Gasteiger partial charge in [0.15, 0.2) is 0 Å². The van der Waals surface area contributed by atoms with E-state index in [9.17, 15) is 10.5 Å². The third-order valence-electron chi connectivity index (χ3n) is 15.2. The van der Waals surface area contributed by atoms with Crippen LogP contribution < -0.4 is 4.90 Å². The molecule has 300 valence electrons. The van der Waals surface area contributed by atoms with Crippen molar-refractivity contribution in [2.24, 2.45) is 0 Å². The van der Waals surface area contributed by atoms with Crippen LogP contribution in [0.25, 0.3) is 44.2 Å². The maximum absolute atomic E-state index is 10.9. The number of rotatable bonds is 1. The second kappa shape index (κ2) is 12.7. The highest BCUT2D eigenvalue weighted by Crippen LogP contribution is 2.60. The van der Waals surface area contributed by atoms with Gasteiger partial charge in [0.2, 0.25) is 0 Å². The van der Waals surface area contributed by atoms with Crippen LogP contribution in [0.2, 0.25) is 0 Å². The number of nitrogens with zero attached hydrogens (tertiary/aromatic N) is 4. The van der Waals surface area contributed by atoms with Crippen molar-refractivity contribution in [1.29, 1.82) is 10.5 Å².